The molecule has 0 saturated carbocycles. The molecule has 2 atom stereocenters. The molecule has 16 heavy (non-hydrogen) atoms. The summed E-state index contributed by atoms with van der Waals surface area (Å²) in [5.74, 6) is 1.06. The molecule has 1 aromatic carbocycles. The van der Waals surface area contributed by atoms with Crippen molar-refractivity contribution in [3.63, 3.8) is 0 Å². The van der Waals surface area contributed by atoms with Gasteiger partial charge in [-0.1, -0.05) is 38.0 Å². The standard InChI is InChI=1S/C14H21NO/c1-4-6-13-14(15-5-2)11-9-10(3)7-8-12(11)16-13/h7-9,13-15H,4-6H2,1-3H3. The van der Waals surface area contributed by atoms with Crippen LogP contribution in [0.3, 0.4) is 0 Å². The lowest BCUT2D eigenvalue weighted by Crippen LogP contribution is -2.30. The maximum absolute atomic E-state index is 6.00. The molecular weight excluding hydrogens is 198 g/mol. The van der Waals surface area contributed by atoms with Gasteiger partial charge in [0.15, 0.2) is 0 Å². The van der Waals surface area contributed by atoms with Crippen LogP contribution in [0.1, 0.15) is 43.9 Å². The van der Waals surface area contributed by atoms with Crippen LogP contribution in [0.4, 0.5) is 0 Å². The van der Waals surface area contributed by atoms with Gasteiger partial charge in [-0.25, -0.2) is 0 Å². The second-order valence-corrected chi connectivity index (χ2v) is 4.52. The third-order valence-electron chi connectivity index (χ3n) is 3.15. The zero-order valence-electron chi connectivity index (χ0n) is 10.4. The Bertz CT molecular complexity index is 362. The molecule has 1 N–H and O–H groups in total. The molecule has 0 spiro atoms. The molecule has 0 aromatic heterocycles. The summed E-state index contributed by atoms with van der Waals surface area (Å²) in [6.45, 7) is 7.48. The Hall–Kier alpha value is -1.02. The monoisotopic (exact) mass is 219 g/mol. The predicted octanol–water partition coefficient (Wildman–Crippen LogP) is 3.21. The summed E-state index contributed by atoms with van der Waals surface area (Å²) in [6, 6.07) is 6.85. The molecule has 1 aromatic rings. The molecule has 2 rings (SSSR count). The fraction of sp³-hybridized carbons (Fsp3) is 0.571. The van der Waals surface area contributed by atoms with Crippen molar-refractivity contribution in [3.05, 3.63) is 29.3 Å². The summed E-state index contributed by atoms with van der Waals surface area (Å²) in [5, 5.41) is 3.54. The van der Waals surface area contributed by atoms with Crippen molar-refractivity contribution in [2.24, 2.45) is 0 Å². The van der Waals surface area contributed by atoms with E-state index >= 15 is 0 Å². The topological polar surface area (TPSA) is 21.3 Å². The van der Waals surface area contributed by atoms with Crippen molar-refractivity contribution in [2.45, 2.75) is 45.8 Å². The van der Waals surface area contributed by atoms with Gasteiger partial charge in [0.2, 0.25) is 0 Å². The number of likely N-dealkylation sites (N-methyl/N-ethyl adjacent to an activating group) is 1. The Balaban J connectivity index is 2.26. The maximum atomic E-state index is 6.00. The minimum atomic E-state index is 0.307. The summed E-state index contributed by atoms with van der Waals surface area (Å²) < 4.78 is 6.00. The molecule has 0 saturated heterocycles. The van der Waals surface area contributed by atoms with Crippen LogP contribution in [-0.2, 0) is 0 Å². The van der Waals surface area contributed by atoms with E-state index in [0.29, 0.717) is 12.1 Å². The van der Waals surface area contributed by atoms with Crippen LogP contribution in [0.2, 0.25) is 0 Å². The lowest BCUT2D eigenvalue weighted by molar-refractivity contribution is 0.179. The SMILES string of the molecule is CCCC1Oc2ccc(C)cc2C1NCC. The van der Waals surface area contributed by atoms with Gasteiger partial charge in [0, 0.05) is 5.56 Å². The molecule has 2 unspecified atom stereocenters. The number of rotatable bonds is 4. The third kappa shape index (κ3) is 2.07. The highest BCUT2D eigenvalue weighted by atomic mass is 16.5. The Morgan fingerprint density at radius 1 is 1.31 bits per heavy atom. The van der Waals surface area contributed by atoms with Gasteiger partial charge in [-0.05, 0) is 26.0 Å². The summed E-state index contributed by atoms with van der Waals surface area (Å²) >= 11 is 0. The molecular formula is C14H21NO. The molecule has 2 nitrogen and oxygen atoms in total. The van der Waals surface area contributed by atoms with Gasteiger partial charge in [0.25, 0.3) is 0 Å². The zero-order chi connectivity index (χ0) is 11.5. The van der Waals surface area contributed by atoms with E-state index in [1.165, 1.54) is 17.5 Å². The first-order valence-electron chi connectivity index (χ1n) is 6.26. The normalized spacial score (nSPS) is 22.9. The Kier molecular flexibility index (Phi) is 3.49. The zero-order valence-corrected chi connectivity index (χ0v) is 10.4. The Labute approximate surface area is 98.0 Å². The first kappa shape index (κ1) is 11.5. The van der Waals surface area contributed by atoms with E-state index in [0.717, 1.165) is 18.7 Å². The van der Waals surface area contributed by atoms with E-state index in [1.807, 2.05) is 0 Å². The fourth-order valence-electron chi connectivity index (χ4n) is 2.42. The fourth-order valence-corrected chi connectivity index (χ4v) is 2.42. The van der Waals surface area contributed by atoms with Crippen LogP contribution >= 0.6 is 0 Å². The van der Waals surface area contributed by atoms with E-state index in [1.54, 1.807) is 0 Å². The highest BCUT2D eigenvalue weighted by Gasteiger charge is 2.32. The average Bonchev–Trinajstić information content (AvgIpc) is 2.58. The van der Waals surface area contributed by atoms with Gasteiger partial charge in [-0.3, -0.25) is 0 Å². The van der Waals surface area contributed by atoms with Gasteiger partial charge < -0.3 is 10.1 Å². The minimum absolute atomic E-state index is 0.307. The van der Waals surface area contributed by atoms with E-state index in [9.17, 15) is 0 Å². The van der Waals surface area contributed by atoms with Crippen molar-refractivity contribution >= 4 is 0 Å². The van der Waals surface area contributed by atoms with Gasteiger partial charge in [0.1, 0.15) is 11.9 Å². The van der Waals surface area contributed by atoms with Gasteiger partial charge in [-0.15, -0.1) is 0 Å². The molecule has 0 amide bonds. The highest BCUT2D eigenvalue weighted by Crippen LogP contribution is 2.38. The summed E-state index contributed by atoms with van der Waals surface area (Å²) in [6.07, 6.45) is 2.59. The lowest BCUT2D eigenvalue weighted by atomic mass is 9.99. The van der Waals surface area contributed by atoms with Crippen LogP contribution in [0.15, 0.2) is 18.2 Å². The van der Waals surface area contributed by atoms with Crippen LogP contribution in [0.5, 0.6) is 5.75 Å². The first-order valence-corrected chi connectivity index (χ1v) is 6.26. The molecule has 1 heterocycles. The molecule has 88 valence electrons. The second kappa shape index (κ2) is 4.88. The molecule has 0 bridgehead atoms. The third-order valence-corrected chi connectivity index (χ3v) is 3.15. The number of ether oxygens (including phenoxy) is 1. The van der Waals surface area contributed by atoms with E-state index in [-0.39, 0.29) is 0 Å². The lowest BCUT2D eigenvalue weighted by Gasteiger charge is -2.19. The number of nitrogens with one attached hydrogen (secondary N) is 1. The maximum Gasteiger partial charge on any atom is 0.124 e. The molecule has 2 heteroatoms. The van der Waals surface area contributed by atoms with Crippen molar-refractivity contribution in [1.82, 2.24) is 5.32 Å². The van der Waals surface area contributed by atoms with Crippen molar-refractivity contribution in [2.75, 3.05) is 6.54 Å². The number of fused-ring (bicyclic) bond motifs is 1. The Morgan fingerprint density at radius 3 is 2.81 bits per heavy atom. The first-order chi connectivity index (χ1) is 7.76. The average molecular weight is 219 g/mol. The molecule has 0 aliphatic carbocycles. The smallest absolute Gasteiger partial charge is 0.124 e. The van der Waals surface area contributed by atoms with Gasteiger partial charge in [0.05, 0.1) is 6.04 Å². The number of benzene rings is 1. The van der Waals surface area contributed by atoms with Crippen LogP contribution in [0, 0.1) is 6.92 Å². The number of hydrogen-bond acceptors (Lipinski definition) is 2. The Morgan fingerprint density at radius 2 is 2.12 bits per heavy atom. The summed E-state index contributed by atoms with van der Waals surface area (Å²) in [4.78, 5) is 0. The highest BCUT2D eigenvalue weighted by molar-refractivity contribution is 5.43. The largest absolute Gasteiger partial charge is 0.488 e. The number of hydrogen-bond donors (Lipinski definition) is 1. The molecule has 1 aliphatic heterocycles. The predicted molar refractivity (Wildman–Crippen MR) is 66.9 cm³/mol. The second-order valence-electron chi connectivity index (χ2n) is 4.52. The molecule has 0 radical (unpaired) electrons. The van der Waals surface area contributed by atoms with Crippen molar-refractivity contribution in [3.8, 4) is 5.75 Å². The van der Waals surface area contributed by atoms with E-state index < -0.39 is 0 Å². The van der Waals surface area contributed by atoms with Gasteiger partial charge in [-0.2, -0.15) is 0 Å². The van der Waals surface area contributed by atoms with Crippen LogP contribution in [0.25, 0.3) is 0 Å². The van der Waals surface area contributed by atoms with E-state index in [4.69, 9.17) is 4.74 Å². The number of aryl methyl sites for hydroxylation is 1. The van der Waals surface area contributed by atoms with Gasteiger partial charge >= 0.3 is 0 Å². The van der Waals surface area contributed by atoms with Crippen molar-refractivity contribution in [1.29, 1.82) is 0 Å². The quantitative estimate of drug-likeness (QED) is 0.839. The summed E-state index contributed by atoms with van der Waals surface area (Å²) in [7, 11) is 0. The summed E-state index contributed by atoms with van der Waals surface area (Å²) in [5.41, 5.74) is 2.64. The minimum Gasteiger partial charge on any atom is -0.488 e. The van der Waals surface area contributed by atoms with Crippen molar-refractivity contribution < 1.29 is 4.74 Å². The molecule has 1 aliphatic rings. The van der Waals surface area contributed by atoms with E-state index in [2.05, 4.69) is 44.3 Å². The van der Waals surface area contributed by atoms with Crippen LogP contribution < -0.4 is 10.1 Å². The van der Waals surface area contributed by atoms with Crippen LogP contribution in [-0.4, -0.2) is 12.6 Å². The molecule has 0 fully saturated rings.